The van der Waals surface area contributed by atoms with E-state index in [0.29, 0.717) is 18.8 Å². The van der Waals surface area contributed by atoms with Crippen LogP contribution >= 0.6 is 0 Å². The summed E-state index contributed by atoms with van der Waals surface area (Å²) in [6, 6.07) is 28.0. The minimum atomic E-state index is -0.487. The molecule has 3 aromatic rings. The average molecular weight is 428 g/mol. The van der Waals surface area contributed by atoms with E-state index in [1.54, 1.807) is 5.06 Å². The molecule has 162 valence electrons. The van der Waals surface area contributed by atoms with Gasteiger partial charge in [-0.05, 0) is 47.7 Å². The third kappa shape index (κ3) is 4.51. The van der Waals surface area contributed by atoms with Gasteiger partial charge >= 0.3 is 6.09 Å². The summed E-state index contributed by atoms with van der Waals surface area (Å²) in [4.78, 5) is 23.8. The molecule has 5 rings (SSSR count). The van der Waals surface area contributed by atoms with Gasteiger partial charge in [-0.2, -0.15) is 0 Å². The molecule has 0 bridgehead atoms. The molecule has 1 fully saturated rings. The molecule has 2 aliphatic rings. The number of hydroxylamine groups is 3. The van der Waals surface area contributed by atoms with Gasteiger partial charge in [0.2, 0.25) is 0 Å². The minimum absolute atomic E-state index is 0.366. The Morgan fingerprint density at radius 1 is 0.844 bits per heavy atom. The first-order chi connectivity index (χ1) is 15.7. The lowest BCUT2D eigenvalue weighted by Gasteiger charge is -2.35. The lowest BCUT2D eigenvalue weighted by molar-refractivity contribution is -0.153. The largest absolute Gasteiger partial charge is 0.430 e. The van der Waals surface area contributed by atoms with Gasteiger partial charge in [0.1, 0.15) is 5.60 Å². The standard InChI is InChI=1S/C26H25N3O3/c30-25(27-23-13-11-21(12-14-23)20-7-3-1-4-8-20)31-29-17-15-26(16-18-29)19-24(28-32-26)22-9-5-2-6-10-22/h1-14,19,28H,15-18H2,(H,27,30). The lowest BCUT2D eigenvalue weighted by Crippen LogP contribution is -2.45. The quantitative estimate of drug-likeness (QED) is 0.597. The zero-order valence-electron chi connectivity index (χ0n) is 17.7. The molecule has 1 spiro atoms. The van der Waals surface area contributed by atoms with Crippen molar-refractivity contribution in [3.8, 4) is 11.1 Å². The van der Waals surface area contributed by atoms with Crippen molar-refractivity contribution >= 4 is 17.5 Å². The predicted octanol–water partition coefficient (Wildman–Crippen LogP) is 5.23. The van der Waals surface area contributed by atoms with Gasteiger partial charge in [-0.25, -0.2) is 4.79 Å². The van der Waals surface area contributed by atoms with Crippen LogP contribution in [0.2, 0.25) is 0 Å². The molecule has 0 aromatic heterocycles. The Balaban J connectivity index is 1.13. The number of carbonyl (C=O) groups excluding carboxylic acids is 1. The van der Waals surface area contributed by atoms with E-state index in [1.807, 2.05) is 60.7 Å². The highest BCUT2D eigenvalue weighted by Gasteiger charge is 2.39. The Bertz CT molecular complexity index is 1090. The zero-order chi connectivity index (χ0) is 21.8. The van der Waals surface area contributed by atoms with Crippen molar-refractivity contribution in [2.45, 2.75) is 18.4 Å². The average Bonchev–Trinajstić information content (AvgIpc) is 3.26. The van der Waals surface area contributed by atoms with Gasteiger partial charge in [-0.1, -0.05) is 72.8 Å². The van der Waals surface area contributed by atoms with Crippen LogP contribution < -0.4 is 10.8 Å². The molecule has 1 amide bonds. The van der Waals surface area contributed by atoms with Crippen LogP contribution in [-0.4, -0.2) is 29.8 Å². The van der Waals surface area contributed by atoms with Crippen molar-refractivity contribution in [3.05, 3.63) is 96.6 Å². The topological polar surface area (TPSA) is 62.8 Å². The maximum absolute atomic E-state index is 12.4. The summed E-state index contributed by atoms with van der Waals surface area (Å²) in [6.45, 7) is 1.20. The summed E-state index contributed by atoms with van der Waals surface area (Å²) in [6.07, 6.45) is 3.12. The first kappa shape index (κ1) is 20.3. The molecule has 0 radical (unpaired) electrons. The van der Waals surface area contributed by atoms with Crippen LogP contribution in [0.15, 0.2) is 91.0 Å². The Morgan fingerprint density at radius 3 is 2.09 bits per heavy atom. The first-order valence-electron chi connectivity index (χ1n) is 10.8. The van der Waals surface area contributed by atoms with Crippen molar-refractivity contribution < 1.29 is 14.5 Å². The van der Waals surface area contributed by atoms with Gasteiger partial charge in [-0.15, -0.1) is 5.06 Å². The number of piperidine rings is 1. The van der Waals surface area contributed by atoms with Gasteiger partial charge < -0.3 is 4.84 Å². The smallest absolute Gasteiger partial charge is 0.351 e. The summed E-state index contributed by atoms with van der Waals surface area (Å²) in [7, 11) is 0. The van der Waals surface area contributed by atoms with E-state index in [2.05, 4.69) is 41.1 Å². The molecule has 6 heteroatoms. The van der Waals surface area contributed by atoms with Crippen LogP contribution in [0.4, 0.5) is 10.5 Å². The summed E-state index contributed by atoms with van der Waals surface area (Å²) in [5, 5.41) is 4.49. The molecular formula is C26H25N3O3. The highest BCUT2D eigenvalue weighted by Crippen LogP contribution is 2.34. The highest BCUT2D eigenvalue weighted by molar-refractivity contribution is 5.85. The van der Waals surface area contributed by atoms with Gasteiger partial charge in [0, 0.05) is 18.8 Å². The van der Waals surface area contributed by atoms with Crippen LogP contribution in [-0.2, 0) is 9.68 Å². The molecular weight excluding hydrogens is 402 g/mol. The molecule has 32 heavy (non-hydrogen) atoms. The second-order valence-corrected chi connectivity index (χ2v) is 8.07. The first-order valence-corrected chi connectivity index (χ1v) is 10.8. The van der Waals surface area contributed by atoms with Crippen LogP contribution in [0, 0.1) is 0 Å². The third-order valence-electron chi connectivity index (χ3n) is 5.88. The van der Waals surface area contributed by atoms with E-state index >= 15 is 0 Å². The summed E-state index contributed by atoms with van der Waals surface area (Å²) >= 11 is 0. The maximum atomic E-state index is 12.4. The third-order valence-corrected chi connectivity index (χ3v) is 5.88. The Labute approximate surface area is 187 Å². The monoisotopic (exact) mass is 427 g/mol. The van der Waals surface area contributed by atoms with Crippen molar-refractivity contribution in [2.75, 3.05) is 18.4 Å². The number of rotatable bonds is 4. The molecule has 2 N–H and O–H groups in total. The molecule has 1 saturated heterocycles. The number of nitrogens with zero attached hydrogens (tertiary/aromatic N) is 1. The van der Waals surface area contributed by atoms with E-state index in [-0.39, 0.29) is 5.60 Å². The van der Waals surface area contributed by atoms with E-state index in [9.17, 15) is 4.79 Å². The Hall–Kier alpha value is -3.61. The molecule has 6 nitrogen and oxygen atoms in total. The van der Waals surface area contributed by atoms with Gasteiger partial charge in [0.15, 0.2) is 0 Å². The number of nitrogens with one attached hydrogen (secondary N) is 2. The van der Waals surface area contributed by atoms with Crippen molar-refractivity contribution in [1.29, 1.82) is 0 Å². The van der Waals surface area contributed by atoms with Crippen molar-refractivity contribution in [3.63, 3.8) is 0 Å². The summed E-state index contributed by atoms with van der Waals surface area (Å²) in [5.41, 5.74) is 7.70. The number of benzene rings is 3. The molecule has 0 aliphatic carbocycles. The predicted molar refractivity (Wildman–Crippen MR) is 124 cm³/mol. The number of hydrogen-bond donors (Lipinski definition) is 2. The summed E-state index contributed by atoms with van der Waals surface area (Å²) < 4.78 is 0. The van der Waals surface area contributed by atoms with Gasteiger partial charge in [-0.3, -0.25) is 15.6 Å². The normalized spacial score (nSPS) is 17.4. The minimum Gasteiger partial charge on any atom is -0.351 e. The maximum Gasteiger partial charge on any atom is 0.430 e. The van der Waals surface area contributed by atoms with Gasteiger partial charge in [0.25, 0.3) is 0 Å². The van der Waals surface area contributed by atoms with Gasteiger partial charge in [0.05, 0.1) is 5.70 Å². The lowest BCUT2D eigenvalue weighted by atomic mass is 9.91. The number of anilines is 1. The summed E-state index contributed by atoms with van der Waals surface area (Å²) in [5.74, 6) is 0. The van der Waals surface area contributed by atoms with Crippen LogP contribution in [0.5, 0.6) is 0 Å². The van der Waals surface area contributed by atoms with Crippen molar-refractivity contribution in [2.24, 2.45) is 0 Å². The van der Waals surface area contributed by atoms with Crippen LogP contribution in [0.25, 0.3) is 16.8 Å². The SMILES string of the molecule is O=C(Nc1ccc(-c2ccccc2)cc1)ON1CCC2(C=C(c3ccccc3)NO2)CC1. The van der Waals surface area contributed by atoms with E-state index in [1.165, 1.54) is 0 Å². The van der Waals surface area contributed by atoms with E-state index < -0.39 is 6.09 Å². The zero-order valence-corrected chi connectivity index (χ0v) is 17.7. The van der Waals surface area contributed by atoms with Crippen molar-refractivity contribution in [1.82, 2.24) is 10.5 Å². The molecule has 2 heterocycles. The van der Waals surface area contributed by atoms with Crippen LogP contribution in [0.3, 0.4) is 0 Å². The second kappa shape index (κ2) is 8.86. The van der Waals surface area contributed by atoms with Crippen LogP contribution in [0.1, 0.15) is 18.4 Å². The number of hydrogen-bond acceptors (Lipinski definition) is 5. The Kier molecular flexibility index (Phi) is 5.62. The highest BCUT2D eigenvalue weighted by atomic mass is 16.7. The molecule has 0 atom stereocenters. The fourth-order valence-corrected chi connectivity index (χ4v) is 4.08. The molecule has 0 saturated carbocycles. The fraction of sp³-hybridized carbons (Fsp3) is 0.192. The van der Waals surface area contributed by atoms with E-state index in [0.717, 1.165) is 35.2 Å². The molecule has 3 aromatic carbocycles. The number of carbonyl (C=O) groups is 1. The molecule has 0 unspecified atom stereocenters. The second-order valence-electron chi connectivity index (χ2n) is 8.07. The molecule has 2 aliphatic heterocycles. The Morgan fingerprint density at radius 2 is 1.44 bits per heavy atom. The van der Waals surface area contributed by atoms with E-state index in [4.69, 9.17) is 9.68 Å². The fourth-order valence-electron chi connectivity index (χ4n) is 4.08. The number of amides is 1.